The molecule has 4 unspecified atom stereocenters. The minimum atomic E-state index is -0.470. The Morgan fingerprint density at radius 2 is 1.75 bits per heavy atom. The summed E-state index contributed by atoms with van der Waals surface area (Å²) in [6, 6.07) is 6.88. The van der Waals surface area contributed by atoms with Crippen molar-refractivity contribution in [2.24, 2.45) is 23.7 Å². The first-order valence-corrected chi connectivity index (χ1v) is 9.41. The van der Waals surface area contributed by atoms with Crippen molar-refractivity contribution >= 4 is 35.2 Å². The fourth-order valence-electron chi connectivity index (χ4n) is 4.88. The van der Waals surface area contributed by atoms with Crippen LogP contribution in [0.3, 0.4) is 0 Å². The number of rotatable bonds is 4. The lowest BCUT2D eigenvalue weighted by Gasteiger charge is -2.20. The van der Waals surface area contributed by atoms with Crippen LogP contribution in [0.4, 0.5) is 16.2 Å². The largest absolute Gasteiger partial charge is 0.447 e. The molecule has 0 spiro atoms. The molecule has 1 aromatic rings. The quantitative estimate of drug-likeness (QED) is 0.628. The highest BCUT2D eigenvalue weighted by molar-refractivity contribution is 6.10. The Morgan fingerprint density at radius 3 is 2.39 bits per heavy atom. The van der Waals surface area contributed by atoms with Gasteiger partial charge in [0.2, 0.25) is 17.7 Å². The number of cyclic esters (lactones) is 1. The Morgan fingerprint density at radius 1 is 1.07 bits per heavy atom. The van der Waals surface area contributed by atoms with E-state index in [1.54, 1.807) is 24.3 Å². The normalized spacial score (nSPS) is 30.2. The van der Waals surface area contributed by atoms with Crippen LogP contribution in [0.1, 0.15) is 6.42 Å². The first kappa shape index (κ1) is 17.0. The van der Waals surface area contributed by atoms with Crippen molar-refractivity contribution < 1.29 is 23.9 Å². The van der Waals surface area contributed by atoms with Gasteiger partial charge in [-0.05, 0) is 30.4 Å². The van der Waals surface area contributed by atoms with E-state index in [9.17, 15) is 19.2 Å². The zero-order chi connectivity index (χ0) is 19.4. The summed E-state index contributed by atoms with van der Waals surface area (Å²) in [5, 5.41) is 2.73. The molecule has 2 aliphatic heterocycles. The highest BCUT2D eigenvalue weighted by Crippen LogP contribution is 2.52. The Bertz CT molecular complexity index is 896. The molecule has 2 bridgehead atoms. The Kier molecular flexibility index (Phi) is 3.75. The topological polar surface area (TPSA) is 96.0 Å². The molecular weight excluding hydrogens is 362 g/mol. The molecule has 0 radical (unpaired) electrons. The maximum absolute atomic E-state index is 12.7. The Hall–Kier alpha value is -3.16. The molecule has 5 rings (SSSR count). The number of hydrogen-bond donors (Lipinski definition) is 1. The molecule has 2 heterocycles. The minimum absolute atomic E-state index is 0.112. The van der Waals surface area contributed by atoms with Gasteiger partial charge in [-0.25, -0.2) is 4.79 Å². The van der Waals surface area contributed by atoms with Gasteiger partial charge in [-0.15, -0.1) is 0 Å². The third-order valence-electron chi connectivity index (χ3n) is 6.09. The van der Waals surface area contributed by atoms with E-state index in [2.05, 4.69) is 5.32 Å². The van der Waals surface area contributed by atoms with E-state index in [1.807, 2.05) is 12.2 Å². The van der Waals surface area contributed by atoms with Crippen LogP contribution in [0.15, 0.2) is 36.4 Å². The summed E-state index contributed by atoms with van der Waals surface area (Å²) in [5.74, 6) is -1.38. The van der Waals surface area contributed by atoms with Crippen molar-refractivity contribution in [2.45, 2.75) is 6.42 Å². The van der Waals surface area contributed by atoms with Gasteiger partial charge in [-0.2, -0.15) is 0 Å². The lowest BCUT2D eigenvalue weighted by molar-refractivity contribution is -0.143. The first-order valence-electron chi connectivity index (χ1n) is 9.41. The molecule has 4 atom stereocenters. The van der Waals surface area contributed by atoms with E-state index in [0.717, 1.165) is 11.3 Å². The summed E-state index contributed by atoms with van der Waals surface area (Å²) in [5.41, 5.74) is 0.962. The number of nitrogens with one attached hydrogen (secondary N) is 1. The van der Waals surface area contributed by atoms with Crippen molar-refractivity contribution in [3.05, 3.63) is 36.4 Å². The average Bonchev–Trinajstić information content (AvgIpc) is 3.44. The number of hydrogen-bond acceptors (Lipinski definition) is 5. The van der Waals surface area contributed by atoms with E-state index in [4.69, 9.17) is 4.74 Å². The van der Waals surface area contributed by atoms with Gasteiger partial charge in [-0.3, -0.25) is 24.2 Å². The molecule has 4 amide bonds. The van der Waals surface area contributed by atoms with Crippen molar-refractivity contribution in [2.75, 3.05) is 29.9 Å². The molecule has 1 N–H and O–H groups in total. The smallest absolute Gasteiger partial charge is 0.414 e. The van der Waals surface area contributed by atoms with Gasteiger partial charge in [0.05, 0.1) is 29.8 Å². The average molecular weight is 381 g/mol. The number of carbonyl (C=O) groups excluding carboxylic acids is 4. The molecule has 0 aromatic heterocycles. The lowest BCUT2D eigenvalue weighted by Crippen LogP contribution is -2.39. The summed E-state index contributed by atoms with van der Waals surface area (Å²) in [4.78, 5) is 52.4. The first-order chi connectivity index (χ1) is 13.5. The number of benzene rings is 1. The van der Waals surface area contributed by atoms with Gasteiger partial charge in [-0.1, -0.05) is 24.3 Å². The molecule has 144 valence electrons. The van der Waals surface area contributed by atoms with Gasteiger partial charge in [0.15, 0.2) is 0 Å². The van der Waals surface area contributed by atoms with E-state index >= 15 is 0 Å². The van der Waals surface area contributed by atoms with E-state index < -0.39 is 12.0 Å². The molecule has 2 aliphatic carbocycles. The monoisotopic (exact) mass is 381 g/mol. The predicted molar refractivity (Wildman–Crippen MR) is 98.2 cm³/mol. The van der Waals surface area contributed by atoms with Crippen molar-refractivity contribution in [1.29, 1.82) is 0 Å². The number of nitrogens with zero attached hydrogens (tertiary/aromatic N) is 2. The number of likely N-dealkylation sites (tertiary alicyclic amines) is 1. The maximum Gasteiger partial charge on any atom is 0.414 e. The van der Waals surface area contributed by atoms with Crippen LogP contribution in [-0.4, -0.2) is 48.4 Å². The second kappa shape index (κ2) is 6.19. The standard InChI is InChI=1S/C20H19N3O5/c24-15(21-13-3-1-2-4-14(13)22-7-8-28-20(22)27)10-23-18(25)16-11-5-6-12(9-11)17(16)19(23)26/h1-6,11-12,16-17H,7-10H2,(H,21,24). The van der Waals surface area contributed by atoms with E-state index in [-0.39, 0.29) is 48.6 Å². The zero-order valence-electron chi connectivity index (χ0n) is 15.0. The summed E-state index contributed by atoms with van der Waals surface area (Å²) < 4.78 is 4.95. The van der Waals surface area contributed by atoms with E-state index in [1.165, 1.54) is 4.90 Å². The van der Waals surface area contributed by atoms with Gasteiger partial charge < -0.3 is 10.1 Å². The molecule has 4 aliphatic rings. The third-order valence-corrected chi connectivity index (χ3v) is 6.09. The molecule has 1 aromatic carbocycles. The minimum Gasteiger partial charge on any atom is -0.447 e. The van der Waals surface area contributed by atoms with E-state index in [0.29, 0.717) is 17.9 Å². The number of fused-ring (bicyclic) bond motifs is 5. The van der Waals surface area contributed by atoms with Gasteiger partial charge >= 0.3 is 6.09 Å². The number of para-hydroxylation sites is 2. The molecule has 8 heteroatoms. The summed E-state index contributed by atoms with van der Waals surface area (Å²) in [7, 11) is 0. The van der Waals surface area contributed by atoms with Crippen LogP contribution in [0.2, 0.25) is 0 Å². The summed E-state index contributed by atoms with van der Waals surface area (Å²) in [6.45, 7) is 0.369. The van der Waals surface area contributed by atoms with Crippen LogP contribution >= 0.6 is 0 Å². The molecular formula is C20H19N3O5. The number of imide groups is 1. The second-order valence-electron chi connectivity index (χ2n) is 7.59. The van der Waals surface area contributed by atoms with Crippen LogP contribution in [0.25, 0.3) is 0 Å². The maximum atomic E-state index is 12.7. The third kappa shape index (κ3) is 2.44. The highest BCUT2D eigenvalue weighted by atomic mass is 16.6. The lowest BCUT2D eigenvalue weighted by atomic mass is 9.85. The number of allylic oxidation sites excluding steroid dienone is 2. The second-order valence-corrected chi connectivity index (χ2v) is 7.59. The Balaban J connectivity index is 1.31. The van der Waals surface area contributed by atoms with Crippen LogP contribution in [-0.2, 0) is 19.1 Å². The van der Waals surface area contributed by atoms with Crippen LogP contribution < -0.4 is 10.2 Å². The summed E-state index contributed by atoms with van der Waals surface area (Å²) in [6.07, 6.45) is 4.42. The molecule has 28 heavy (non-hydrogen) atoms. The SMILES string of the molecule is O=C(CN1C(=O)C2C3C=CC(C3)C2C1=O)Nc1ccccc1N1CCOC1=O. The van der Waals surface area contributed by atoms with Gasteiger partial charge in [0, 0.05) is 0 Å². The number of ether oxygens (including phenoxy) is 1. The van der Waals surface area contributed by atoms with Crippen molar-refractivity contribution in [1.82, 2.24) is 4.90 Å². The molecule has 8 nitrogen and oxygen atoms in total. The van der Waals surface area contributed by atoms with Crippen LogP contribution in [0.5, 0.6) is 0 Å². The zero-order valence-corrected chi connectivity index (χ0v) is 15.0. The molecule has 1 saturated carbocycles. The van der Waals surface area contributed by atoms with Crippen molar-refractivity contribution in [3.63, 3.8) is 0 Å². The number of anilines is 2. The molecule has 2 saturated heterocycles. The van der Waals surface area contributed by atoms with Crippen molar-refractivity contribution in [3.8, 4) is 0 Å². The van der Waals surface area contributed by atoms with Gasteiger partial charge in [0.1, 0.15) is 13.2 Å². The van der Waals surface area contributed by atoms with Crippen LogP contribution in [0, 0.1) is 23.7 Å². The predicted octanol–water partition coefficient (Wildman–Crippen LogP) is 1.39. The molecule has 3 fully saturated rings. The number of amides is 4. The Labute approximate surface area is 161 Å². The fourth-order valence-corrected chi connectivity index (χ4v) is 4.88. The highest BCUT2D eigenvalue weighted by Gasteiger charge is 2.59. The fraction of sp³-hybridized carbons (Fsp3) is 0.400. The summed E-state index contributed by atoms with van der Waals surface area (Å²) >= 11 is 0. The number of carbonyl (C=O) groups is 4. The van der Waals surface area contributed by atoms with Gasteiger partial charge in [0.25, 0.3) is 0 Å².